The SMILES string of the molecule is CCNC(CN)c1ccc(OC)c(F)c1. The van der Waals surface area contributed by atoms with Crippen molar-refractivity contribution in [2.75, 3.05) is 20.2 Å². The van der Waals surface area contributed by atoms with Gasteiger partial charge in [-0.2, -0.15) is 0 Å². The van der Waals surface area contributed by atoms with E-state index < -0.39 is 0 Å². The van der Waals surface area contributed by atoms with Gasteiger partial charge in [0, 0.05) is 12.6 Å². The summed E-state index contributed by atoms with van der Waals surface area (Å²) in [5.41, 5.74) is 6.44. The standard InChI is InChI=1S/C11H17FN2O/c1-3-14-10(7-13)8-4-5-11(15-2)9(12)6-8/h4-6,10,14H,3,7,13H2,1-2H3. The maximum Gasteiger partial charge on any atom is 0.165 e. The van der Waals surface area contributed by atoms with Crippen LogP contribution in [0.5, 0.6) is 5.75 Å². The van der Waals surface area contributed by atoms with Crippen molar-refractivity contribution < 1.29 is 9.13 Å². The lowest BCUT2D eigenvalue weighted by molar-refractivity contribution is 0.385. The molecule has 0 aliphatic heterocycles. The average Bonchev–Trinajstić information content (AvgIpc) is 2.25. The summed E-state index contributed by atoms with van der Waals surface area (Å²) in [6, 6.07) is 4.89. The van der Waals surface area contributed by atoms with Crippen LogP contribution < -0.4 is 15.8 Å². The second-order valence-corrected chi connectivity index (χ2v) is 3.24. The summed E-state index contributed by atoms with van der Waals surface area (Å²) in [6.07, 6.45) is 0. The molecule has 84 valence electrons. The molecule has 1 atom stereocenters. The Morgan fingerprint density at radius 1 is 1.53 bits per heavy atom. The van der Waals surface area contributed by atoms with Crippen LogP contribution in [-0.4, -0.2) is 20.2 Å². The molecular weight excluding hydrogens is 195 g/mol. The largest absolute Gasteiger partial charge is 0.494 e. The molecule has 0 aromatic heterocycles. The summed E-state index contributed by atoms with van der Waals surface area (Å²) in [5.74, 6) is -0.0997. The molecule has 0 aliphatic rings. The number of methoxy groups -OCH3 is 1. The molecule has 15 heavy (non-hydrogen) atoms. The molecule has 0 amide bonds. The summed E-state index contributed by atoms with van der Waals surface area (Å²) in [6.45, 7) is 3.23. The number of rotatable bonds is 5. The molecule has 0 saturated carbocycles. The first kappa shape index (κ1) is 11.9. The van der Waals surface area contributed by atoms with E-state index in [0.29, 0.717) is 6.54 Å². The topological polar surface area (TPSA) is 47.3 Å². The van der Waals surface area contributed by atoms with Gasteiger partial charge in [0.05, 0.1) is 7.11 Å². The maximum absolute atomic E-state index is 13.4. The van der Waals surface area contributed by atoms with Crippen molar-refractivity contribution in [2.45, 2.75) is 13.0 Å². The Morgan fingerprint density at radius 2 is 2.27 bits per heavy atom. The molecule has 0 aliphatic carbocycles. The number of benzene rings is 1. The molecule has 1 aromatic rings. The monoisotopic (exact) mass is 212 g/mol. The number of nitrogens with one attached hydrogen (secondary N) is 1. The summed E-state index contributed by atoms with van der Waals surface area (Å²) in [5, 5.41) is 3.18. The number of hydrogen-bond acceptors (Lipinski definition) is 3. The summed E-state index contributed by atoms with van der Waals surface area (Å²) >= 11 is 0. The van der Waals surface area contributed by atoms with Crippen LogP contribution in [0.2, 0.25) is 0 Å². The first-order valence-electron chi connectivity index (χ1n) is 4.99. The minimum absolute atomic E-state index is 0.00425. The van der Waals surface area contributed by atoms with Gasteiger partial charge in [0.25, 0.3) is 0 Å². The first-order valence-corrected chi connectivity index (χ1v) is 4.99. The Hall–Kier alpha value is -1.13. The van der Waals surface area contributed by atoms with E-state index in [1.165, 1.54) is 13.2 Å². The molecule has 0 saturated heterocycles. The van der Waals surface area contributed by atoms with Crippen LogP contribution in [0.1, 0.15) is 18.5 Å². The zero-order chi connectivity index (χ0) is 11.3. The molecule has 1 rings (SSSR count). The summed E-state index contributed by atoms with van der Waals surface area (Å²) < 4.78 is 18.2. The molecule has 4 heteroatoms. The Bertz CT molecular complexity index is 317. The van der Waals surface area contributed by atoms with Crippen molar-refractivity contribution in [1.29, 1.82) is 0 Å². The average molecular weight is 212 g/mol. The molecule has 0 bridgehead atoms. The zero-order valence-corrected chi connectivity index (χ0v) is 9.09. The highest BCUT2D eigenvalue weighted by molar-refractivity contribution is 5.31. The smallest absolute Gasteiger partial charge is 0.165 e. The molecule has 0 radical (unpaired) electrons. The molecule has 1 aromatic carbocycles. The molecule has 0 spiro atoms. The van der Waals surface area contributed by atoms with Gasteiger partial charge in [0.2, 0.25) is 0 Å². The van der Waals surface area contributed by atoms with E-state index in [1.54, 1.807) is 6.07 Å². The molecule has 1 unspecified atom stereocenters. The van der Waals surface area contributed by atoms with Crippen LogP contribution in [0.15, 0.2) is 18.2 Å². The third-order valence-corrected chi connectivity index (χ3v) is 2.26. The van der Waals surface area contributed by atoms with Gasteiger partial charge in [0.1, 0.15) is 0 Å². The third kappa shape index (κ3) is 2.91. The maximum atomic E-state index is 13.4. The Labute approximate surface area is 89.4 Å². The van der Waals surface area contributed by atoms with Gasteiger partial charge in [0.15, 0.2) is 11.6 Å². The molecule has 3 nitrogen and oxygen atoms in total. The minimum Gasteiger partial charge on any atom is -0.494 e. The highest BCUT2D eigenvalue weighted by Gasteiger charge is 2.10. The fourth-order valence-corrected chi connectivity index (χ4v) is 1.48. The molecule has 0 fully saturated rings. The Morgan fingerprint density at radius 3 is 2.73 bits per heavy atom. The second-order valence-electron chi connectivity index (χ2n) is 3.24. The van der Waals surface area contributed by atoms with Crippen LogP contribution in [-0.2, 0) is 0 Å². The van der Waals surface area contributed by atoms with Gasteiger partial charge in [-0.25, -0.2) is 4.39 Å². The van der Waals surface area contributed by atoms with E-state index in [0.717, 1.165) is 12.1 Å². The van der Waals surface area contributed by atoms with Gasteiger partial charge in [-0.1, -0.05) is 13.0 Å². The number of ether oxygens (including phenoxy) is 1. The zero-order valence-electron chi connectivity index (χ0n) is 9.09. The van der Waals surface area contributed by atoms with Crippen molar-refractivity contribution in [3.05, 3.63) is 29.6 Å². The third-order valence-electron chi connectivity index (χ3n) is 2.26. The van der Waals surface area contributed by atoms with E-state index in [2.05, 4.69) is 5.32 Å². The van der Waals surface area contributed by atoms with Crippen molar-refractivity contribution >= 4 is 0 Å². The van der Waals surface area contributed by atoms with Crippen molar-refractivity contribution in [1.82, 2.24) is 5.32 Å². The van der Waals surface area contributed by atoms with Gasteiger partial charge < -0.3 is 15.8 Å². The molecule has 3 N–H and O–H groups in total. The minimum atomic E-state index is -0.355. The van der Waals surface area contributed by atoms with Gasteiger partial charge in [-0.3, -0.25) is 0 Å². The lowest BCUT2D eigenvalue weighted by Crippen LogP contribution is -2.27. The van der Waals surface area contributed by atoms with E-state index in [-0.39, 0.29) is 17.6 Å². The van der Waals surface area contributed by atoms with Crippen molar-refractivity contribution in [3.8, 4) is 5.75 Å². The van der Waals surface area contributed by atoms with Crippen molar-refractivity contribution in [2.24, 2.45) is 5.73 Å². The summed E-state index contributed by atoms with van der Waals surface area (Å²) in [7, 11) is 1.45. The highest BCUT2D eigenvalue weighted by atomic mass is 19.1. The molecular formula is C11H17FN2O. The van der Waals surface area contributed by atoms with Crippen molar-refractivity contribution in [3.63, 3.8) is 0 Å². The van der Waals surface area contributed by atoms with Crippen LogP contribution >= 0.6 is 0 Å². The fraction of sp³-hybridized carbons (Fsp3) is 0.455. The first-order chi connectivity index (χ1) is 7.22. The predicted octanol–water partition coefficient (Wildman–Crippen LogP) is 1.44. The Kier molecular flexibility index (Phi) is 4.52. The number of hydrogen-bond donors (Lipinski definition) is 2. The number of halogens is 1. The van der Waals surface area contributed by atoms with E-state index in [9.17, 15) is 4.39 Å². The second kappa shape index (κ2) is 5.68. The summed E-state index contributed by atoms with van der Waals surface area (Å²) in [4.78, 5) is 0. The molecule has 0 heterocycles. The van der Waals surface area contributed by atoms with Crippen LogP contribution in [0.25, 0.3) is 0 Å². The van der Waals surface area contributed by atoms with Gasteiger partial charge in [-0.15, -0.1) is 0 Å². The van der Waals surface area contributed by atoms with Crippen LogP contribution in [0, 0.1) is 5.82 Å². The lowest BCUT2D eigenvalue weighted by atomic mass is 10.1. The normalized spacial score (nSPS) is 12.5. The lowest BCUT2D eigenvalue weighted by Gasteiger charge is -2.16. The van der Waals surface area contributed by atoms with E-state index >= 15 is 0 Å². The predicted molar refractivity (Wildman–Crippen MR) is 58.4 cm³/mol. The van der Waals surface area contributed by atoms with Crippen LogP contribution in [0.4, 0.5) is 4.39 Å². The number of nitrogens with two attached hydrogens (primary N) is 1. The van der Waals surface area contributed by atoms with E-state index in [4.69, 9.17) is 10.5 Å². The van der Waals surface area contributed by atoms with Gasteiger partial charge >= 0.3 is 0 Å². The van der Waals surface area contributed by atoms with Gasteiger partial charge in [-0.05, 0) is 24.2 Å². The van der Waals surface area contributed by atoms with E-state index in [1.807, 2.05) is 13.0 Å². The fourth-order valence-electron chi connectivity index (χ4n) is 1.48. The highest BCUT2D eigenvalue weighted by Crippen LogP contribution is 2.21. The number of likely N-dealkylation sites (N-methyl/N-ethyl adjacent to an activating group) is 1. The quantitative estimate of drug-likeness (QED) is 0.776. The van der Waals surface area contributed by atoms with Crippen LogP contribution in [0.3, 0.4) is 0 Å². The Balaban J connectivity index is 2.89.